The molecule has 2 heterocycles. The van der Waals surface area contributed by atoms with Gasteiger partial charge in [-0.2, -0.15) is 0 Å². The molecule has 114 valence electrons. The van der Waals surface area contributed by atoms with Gasteiger partial charge in [0.25, 0.3) is 0 Å². The molecule has 2 fully saturated rings. The number of amides is 1. The molecule has 0 spiro atoms. The van der Waals surface area contributed by atoms with E-state index in [0.717, 1.165) is 19.6 Å². The van der Waals surface area contributed by atoms with Crippen LogP contribution in [0.25, 0.3) is 0 Å². The van der Waals surface area contributed by atoms with Crippen LogP contribution in [-0.4, -0.2) is 36.0 Å². The van der Waals surface area contributed by atoms with Crippen LogP contribution in [-0.2, 0) is 11.2 Å². The summed E-state index contributed by atoms with van der Waals surface area (Å²) in [5, 5.41) is 3.47. The summed E-state index contributed by atoms with van der Waals surface area (Å²) in [7, 11) is 0. The molecule has 0 aromatic heterocycles. The topological polar surface area (TPSA) is 32.3 Å². The monoisotopic (exact) mass is 286 g/mol. The molecule has 2 saturated heterocycles. The van der Waals surface area contributed by atoms with Gasteiger partial charge < -0.3 is 10.2 Å². The summed E-state index contributed by atoms with van der Waals surface area (Å²) in [6, 6.07) is 6.38. The van der Waals surface area contributed by atoms with Gasteiger partial charge in [-0.1, -0.05) is 23.8 Å². The lowest BCUT2D eigenvalue weighted by molar-refractivity contribution is -0.134. The first-order valence-corrected chi connectivity index (χ1v) is 7.97. The normalized spacial score (nSPS) is 27.0. The van der Waals surface area contributed by atoms with Gasteiger partial charge in [0.2, 0.25) is 5.91 Å². The molecule has 1 aromatic carbocycles. The highest BCUT2D eigenvalue weighted by molar-refractivity contribution is 5.80. The minimum atomic E-state index is -0.0248. The summed E-state index contributed by atoms with van der Waals surface area (Å²) in [6.07, 6.45) is 0.532. The maximum absolute atomic E-state index is 12.8. The Bertz CT molecular complexity index is 564. The fourth-order valence-electron chi connectivity index (χ4n) is 4.09. The third-order valence-electron chi connectivity index (χ3n) is 5.51. The Morgan fingerprint density at radius 1 is 1.33 bits per heavy atom. The first kappa shape index (κ1) is 14.6. The lowest BCUT2D eigenvalue weighted by atomic mass is 9.84. The number of rotatable bonds is 2. The van der Waals surface area contributed by atoms with Crippen molar-refractivity contribution in [3.63, 3.8) is 0 Å². The third-order valence-corrected chi connectivity index (χ3v) is 5.51. The van der Waals surface area contributed by atoms with Gasteiger partial charge >= 0.3 is 0 Å². The fourth-order valence-corrected chi connectivity index (χ4v) is 4.09. The minimum absolute atomic E-state index is 0.0248. The average Bonchev–Trinajstić information content (AvgIpc) is 2.96. The molecular formula is C18H26N2O. The van der Waals surface area contributed by atoms with Crippen molar-refractivity contribution < 1.29 is 4.79 Å². The van der Waals surface area contributed by atoms with Gasteiger partial charge in [-0.3, -0.25) is 4.79 Å². The Balaban J connectivity index is 1.78. The number of nitrogens with zero attached hydrogens (tertiary/aromatic N) is 1. The van der Waals surface area contributed by atoms with Gasteiger partial charge in [0, 0.05) is 25.2 Å². The van der Waals surface area contributed by atoms with Crippen molar-refractivity contribution in [1.29, 1.82) is 0 Å². The molecule has 0 radical (unpaired) electrons. The number of fused-ring (bicyclic) bond motifs is 1. The van der Waals surface area contributed by atoms with Crippen LogP contribution in [0.5, 0.6) is 0 Å². The van der Waals surface area contributed by atoms with Gasteiger partial charge in [0.05, 0.1) is 6.42 Å². The highest BCUT2D eigenvalue weighted by atomic mass is 16.2. The predicted octanol–water partition coefficient (Wildman–Crippen LogP) is 2.30. The zero-order chi connectivity index (χ0) is 15.2. The van der Waals surface area contributed by atoms with Crippen LogP contribution >= 0.6 is 0 Å². The first-order valence-electron chi connectivity index (χ1n) is 7.97. The van der Waals surface area contributed by atoms with Crippen molar-refractivity contribution >= 4 is 5.91 Å². The lowest BCUT2D eigenvalue weighted by Crippen LogP contribution is -2.48. The molecular weight excluding hydrogens is 260 g/mol. The first-order chi connectivity index (χ1) is 9.89. The zero-order valence-corrected chi connectivity index (χ0v) is 13.6. The molecule has 3 nitrogen and oxygen atoms in total. The Morgan fingerprint density at radius 3 is 2.81 bits per heavy atom. The lowest BCUT2D eigenvalue weighted by Gasteiger charge is -2.36. The summed E-state index contributed by atoms with van der Waals surface area (Å²) >= 11 is 0. The number of hydrogen-bond acceptors (Lipinski definition) is 2. The van der Waals surface area contributed by atoms with Crippen molar-refractivity contribution in [3.8, 4) is 0 Å². The van der Waals surface area contributed by atoms with Gasteiger partial charge in [-0.15, -0.1) is 0 Å². The smallest absolute Gasteiger partial charge is 0.227 e. The molecule has 2 aliphatic heterocycles. The van der Waals surface area contributed by atoms with E-state index in [0.29, 0.717) is 18.3 Å². The largest absolute Gasteiger partial charge is 0.337 e. The van der Waals surface area contributed by atoms with Gasteiger partial charge in [0.15, 0.2) is 0 Å². The summed E-state index contributed by atoms with van der Waals surface area (Å²) < 4.78 is 0. The predicted molar refractivity (Wildman–Crippen MR) is 85.3 cm³/mol. The van der Waals surface area contributed by atoms with E-state index in [9.17, 15) is 4.79 Å². The highest BCUT2D eigenvalue weighted by Crippen LogP contribution is 2.40. The molecule has 21 heavy (non-hydrogen) atoms. The molecule has 2 atom stereocenters. The van der Waals surface area contributed by atoms with E-state index in [1.54, 1.807) is 0 Å². The zero-order valence-electron chi connectivity index (χ0n) is 13.6. The van der Waals surface area contributed by atoms with Gasteiger partial charge in [-0.05, 0) is 50.7 Å². The average molecular weight is 286 g/mol. The number of aryl methyl sites for hydroxylation is 2. The van der Waals surface area contributed by atoms with Crippen LogP contribution in [0.2, 0.25) is 0 Å². The molecule has 3 rings (SSSR count). The molecule has 0 aliphatic carbocycles. The third kappa shape index (κ3) is 2.48. The molecule has 2 aliphatic rings. The standard InChI is InChI=1S/C18H26N2O/c1-12-5-6-13(2)14(7-12)8-17(21)20-11-15-9-19-10-16(15)18(20,3)4/h5-7,15-16,19H,8-11H2,1-4H3. The van der Waals surface area contributed by atoms with Crippen molar-refractivity contribution in [3.05, 3.63) is 34.9 Å². The van der Waals surface area contributed by atoms with Crippen molar-refractivity contribution in [2.24, 2.45) is 11.8 Å². The quantitative estimate of drug-likeness (QED) is 0.905. The molecule has 2 unspecified atom stereocenters. The van der Waals surface area contributed by atoms with E-state index < -0.39 is 0 Å². The maximum Gasteiger partial charge on any atom is 0.227 e. The van der Waals surface area contributed by atoms with Crippen LogP contribution in [0, 0.1) is 25.7 Å². The second-order valence-electron chi connectivity index (χ2n) is 7.29. The number of carbonyl (C=O) groups excluding carboxylic acids is 1. The molecule has 1 N–H and O–H groups in total. The van der Waals surface area contributed by atoms with Crippen LogP contribution in [0.4, 0.5) is 0 Å². The van der Waals surface area contributed by atoms with E-state index in [-0.39, 0.29) is 11.4 Å². The SMILES string of the molecule is Cc1ccc(C)c(CC(=O)N2CC3CNCC3C2(C)C)c1. The molecule has 1 amide bonds. The number of hydrogen-bond donors (Lipinski definition) is 1. The Hall–Kier alpha value is -1.35. The van der Waals surface area contributed by atoms with Crippen molar-refractivity contribution in [2.75, 3.05) is 19.6 Å². The van der Waals surface area contributed by atoms with Gasteiger partial charge in [-0.25, -0.2) is 0 Å². The molecule has 0 saturated carbocycles. The summed E-state index contributed by atoms with van der Waals surface area (Å²) in [4.78, 5) is 15.0. The van der Waals surface area contributed by atoms with Crippen LogP contribution in [0.3, 0.4) is 0 Å². The second kappa shape index (κ2) is 5.13. The number of likely N-dealkylation sites (tertiary alicyclic amines) is 1. The van der Waals surface area contributed by atoms with E-state index in [1.165, 1.54) is 16.7 Å². The molecule has 1 aromatic rings. The Labute approximate surface area is 127 Å². The summed E-state index contributed by atoms with van der Waals surface area (Å²) in [5.41, 5.74) is 3.59. The summed E-state index contributed by atoms with van der Waals surface area (Å²) in [5.74, 6) is 1.51. The van der Waals surface area contributed by atoms with E-state index in [2.05, 4.69) is 56.1 Å². The minimum Gasteiger partial charge on any atom is -0.337 e. The second-order valence-corrected chi connectivity index (χ2v) is 7.29. The van der Waals surface area contributed by atoms with E-state index in [4.69, 9.17) is 0 Å². The highest BCUT2D eigenvalue weighted by Gasteiger charge is 2.51. The van der Waals surface area contributed by atoms with Crippen LogP contribution < -0.4 is 5.32 Å². The van der Waals surface area contributed by atoms with E-state index >= 15 is 0 Å². The van der Waals surface area contributed by atoms with Crippen molar-refractivity contribution in [2.45, 2.75) is 39.7 Å². The van der Waals surface area contributed by atoms with E-state index in [1.807, 2.05) is 0 Å². The number of carbonyl (C=O) groups is 1. The van der Waals surface area contributed by atoms with Crippen molar-refractivity contribution in [1.82, 2.24) is 10.2 Å². The fraction of sp³-hybridized carbons (Fsp3) is 0.611. The van der Waals surface area contributed by atoms with Crippen LogP contribution in [0.15, 0.2) is 18.2 Å². The molecule has 3 heteroatoms. The Kier molecular flexibility index (Phi) is 3.56. The van der Waals surface area contributed by atoms with Crippen LogP contribution in [0.1, 0.15) is 30.5 Å². The number of nitrogens with one attached hydrogen (secondary N) is 1. The maximum atomic E-state index is 12.8. The summed E-state index contributed by atoms with van der Waals surface area (Å²) in [6.45, 7) is 11.6. The number of benzene rings is 1. The molecule has 0 bridgehead atoms. The van der Waals surface area contributed by atoms with Gasteiger partial charge in [0.1, 0.15) is 0 Å². The Morgan fingerprint density at radius 2 is 2.10 bits per heavy atom.